The summed E-state index contributed by atoms with van der Waals surface area (Å²) in [6, 6.07) is -0.698. The number of aliphatic hydroxyl groups is 2. The first-order valence-electron chi connectivity index (χ1n) is 24.2. The van der Waals surface area contributed by atoms with E-state index in [4.69, 9.17) is 4.74 Å². The number of rotatable bonds is 43. The summed E-state index contributed by atoms with van der Waals surface area (Å²) in [6.07, 6.45) is 50.7. The van der Waals surface area contributed by atoms with Crippen LogP contribution in [-0.2, 0) is 14.3 Å². The standard InChI is InChI=1S/C50H93NO5/c1-4-7-10-13-16-19-21-22-23-24-25-26-27-28-29-31-34-37-40-43-50(55)56-46(41-38-35-32-18-15-12-9-6-3)44-49(54)51-47(45-52)48(53)42-39-36-33-30-20-17-14-11-8-5-2/h16,19,22-23,25-26,46-48,52-53H,4-15,17-18,20-21,24,27-45H2,1-3H3,(H,51,54)/b19-16-,23-22-,26-25-. The summed E-state index contributed by atoms with van der Waals surface area (Å²) >= 11 is 0. The van der Waals surface area contributed by atoms with Gasteiger partial charge >= 0.3 is 5.97 Å². The van der Waals surface area contributed by atoms with E-state index in [-0.39, 0.29) is 24.9 Å². The molecule has 3 N–H and O–H groups in total. The third kappa shape index (κ3) is 38.9. The second-order valence-corrected chi connectivity index (χ2v) is 16.5. The first-order valence-corrected chi connectivity index (χ1v) is 24.2. The maximum absolute atomic E-state index is 13.1. The predicted octanol–water partition coefficient (Wildman–Crippen LogP) is 14.1. The maximum Gasteiger partial charge on any atom is 0.306 e. The summed E-state index contributed by atoms with van der Waals surface area (Å²) in [5, 5.41) is 23.6. The van der Waals surface area contributed by atoms with E-state index in [0.717, 1.165) is 70.6 Å². The predicted molar refractivity (Wildman–Crippen MR) is 241 cm³/mol. The fourth-order valence-electron chi connectivity index (χ4n) is 7.26. The molecule has 6 heteroatoms. The molecule has 0 rings (SSSR count). The lowest BCUT2D eigenvalue weighted by molar-refractivity contribution is -0.151. The highest BCUT2D eigenvalue weighted by molar-refractivity contribution is 5.77. The zero-order chi connectivity index (χ0) is 41.0. The van der Waals surface area contributed by atoms with E-state index in [1.54, 1.807) is 0 Å². The van der Waals surface area contributed by atoms with Gasteiger partial charge < -0.3 is 20.3 Å². The Bertz CT molecular complexity index is 930. The average Bonchev–Trinajstić information content (AvgIpc) is 3.19. The summed E-state index contributed by atoms with van der Waals surface area (Å²) in [5.41, 5.74) is 0. The summed E-state index contributed by atoms with van der Waals surface area (Å²) in [6.45, 7) is 6.42. The monoisotopic (exact) mass is 788 g/mol. The molecule has 0 aliphatic rings. The summed E-state index contributed by atoms with van der Waals surface area (Å²) in [5.74, 6) is -0.486. The average molecular weight is 788 g/mol. The molecule has 0 saturated heterocycles. The van der Waals surface area contributed by atoms with Crippen molar-refractivity contribution in [3.8, 4) is 0 Å². The van der Waals surface area contributed by atoms with Crippen molar-refractivity contribution in [3.63, 3.8) is 0 Å². The molecule has 6 nitrogen and oxygen atoms in total. The van der Waals surface area contributed by atoms with Crippen LogP contribution in [0.15, 0.2) is 36.5 Å². The van der Waals surface area contributed by atoms with Crippen molar-refractivity contribution in [3.05, 3.63) is 36.5 Å². The Morgan fingerprint density at radius 2 is 0.911 bits per heavy atom. The summed E-state index contributed by atoms with van der Waals surface area (Å²) in [7, 11) is 0. The Kier molecular flexibility index (Phi) is 42.7. The summed E-state index contributed by atoms with van der Waals surface area (Å²) < 4.78 is 5.89. The van der Waals surface area contributed by atoms with E-state index in [0.29, 0.717) is 19.3 Å². The maximum atomic E-state index is 13.1. The van der Waals surface area contributed by atoms with Crippen LogP contribution in [0, 0.1) is 0 Å². The molecule has 3 atom stereocenters. The van der Waals surface area contributed by atoms with Crippen LogP contribution >= 0.6 is 0 Å². The molecule has 1 amide bonds. The van der Waals surface area contributed by atoms with Crippen molar-refractivity contribution in [2.45, 2.75) is 264 Å². The van der Waals surface area contributed by atoms with Gasteiger partial charge in [-0.3, -0.25) is 9.59 Å². The van der Waals surface area contributed by atoms with Crippen LogP contribution in [0.25, 0.3) is 0 Å². The highest BCUT2D eigenvalue weighted by Crippen LogP contribution is 2.17. The molecular weight excluding hydrogens is 695 g/mol. The number of allylic oxidation sites excluding steroid dienone is 6. The minimum absolute atomic E-state index is 0.0744. The molecule has 0 aromatic rings. The Labute approximate surface area is 347 Å². The molecule has 0 saturated carbocycles. The Hall–Kier alpha value is -1.92. The van der Waals surface area contributed by atoms with Crippen LogP contribution in [-0.4, -0.2) is 46.9 Å². The molecule has 0 radical (unpaired) electrons. The number of hydrogen-bond donors (Lipinski definition) is 3. The highest BCUT2D eigenvalue weighted by Gasteiger charge is 2.24. The van der Waals surface area contributed by atoms with E-state index in [1.165, 1.54) is 128 Å². The van der Waals surface area contributed by atoms with Gasteiger partial charge in [-0.05, 0) is 64.2 Å². The number of carbonyl (C=O) groups excluding carboxylic acids is 2. The topological polar surface area (TPSA) is 95.9 Å². The van der Waals surface area contributed by atoms with Crippen molar-refractivity contribution in [2.75, 3.05) is 6.61 Å². The zero-order valence-electron chi connectivity index (χ0n) is 37.3. The van der Waals surface area contributed by atoms with Crippen molar-refractivity contribution in [2.24, 2.45) is 0 Å². The second kappa shape index (κ2) is 44.2. The smallest absolute Gasteiger partial charge is 0.306 e. The normalized spacial score (nSPS) is 13.6. The van der Waals surface area contributed by atoms with Gasteiger partial charge in [-0.2, -0.15) is 0 Å². The lowest BCUT2D eigenvalue weighted by Gasteiger charge is -2.24. The molecule has 328 valence electrons. The molecule has 0 spiro atoms. The van der Waals surface area contributed by atoms with Crippen LogP contribution in [0.3, 0.4) is 0 Å². The number of aliphatic hydroxyl groups excluding tert-OH is 2. The van der Waals surface area contributed by atoms with Crippen LogP contribution < -0.4 is 5.32 Å². The molecule has 0 bridgehead atoms. The molecule has 0 aliphatic carbocycles. The van der Waals surface area contributed by atoms with Gasteiger partial charge in [-0.1, -0.05) is 205 Å². The zero-order valence-corrected chi connectivity index (χ0v) is 37.3. The Morgan fingerprint density at radius 1 is 0.518 bits per heavy atom. The van der Waals surface area contributed by atoms with Gasteiger partial charge in [0, 0.05) is 6.42 Å². The molecule has 0 aromatic carbocycles. The van der Waals surface area contributed by atoms with E-state index < -0.39 is 18.2 Å². The molecule has 56 heavy (non-hydrogen) atoms. The quantitative estimate of drug-likeness (QED) is 0.0325. The van der Waals surface area contributed by atoms with Crippen molar-refractivity contribution >= 4 is 11.9 Å². The van der Waals surface area contributed by atoms with Gasteiger partial charge in [0.05, 0.1) is 25.2 Å². The van der Waals surface area contributed by atoms with Crippen LogP contribution in [0.1, 0.15) is 245 Å². The van der Waals surface area contributed by atoms with Crippen molar-refractivity contribution in [1.29, 1.82) is 0 Å². The Morgan fingerprint density at radius 3 is 1.41 bits per heavy atom. The van der Waals surface area contributed by atoms with Crippen LogP contribution in [0.5, 0.6) is 0 Å². The van der Waals surface area contributed by atoms with Crippen LogP contribution in [0.2, 0.25) is 0 Å². The van der Waals surface area contributed by atoms with Crippen molar-refractivity contribution in [1.82, 2.24) is 5.32 Å². The minimum Gasteiger partial charge on any atom is -0.462 e. The second-order valence-electron chi connectivity index (χ2n) is 16.5. The van der Waals surface area contributed by atoms with Gasteiger partial charge in [0.15, 0.2) is 0 Å². The van der Waals surface area contributed by atoms with Crippen molar-refractivity contribution < 1.29 is 24.5 Å². The highest BCUT2D eigenvalue weighted by atomic mass is 16.5. The minimum atomic E-state index is -0.784. The van der Waals surface area contributed by atoms with Gasteiger partial charge in [0.2, 0.25) is 5.91 Å². The van der Waals surface area contributed by atoms with Gasteiger partial charge in [-0.25, -0.2) is 0 Å². The largest absolute Gasteiger partial charge is 0.462 e. The molecule has 0 aromatic heterocycles. The molecule has 0 fully saturated rings. The molecule has 0 aliphatic heterocycles. The van der Waals surface area contributed by atoms with Gasteiger partial charge in [0.1, 0.15) is 6.10 Å². The van der Waals surface area contributed by atoms with E-state index >= 15 is 0 Å². The number of hydrogen-bond acceptors (Lipinski definition) is 5. The van der Waals surface area contributed by atoms with Crippen LogP contribution in [0.4, 0.5) is 0 Å². The third-order valence-corrected chi connectivity index (χ3v) is 11.0. The SMILES string of the molecule is CCCCC/C=C\C/C=C\C/C=C\CCCCCCCCC(=O)OC(CCCCCCCCCC)CC(=O)NC(CO)C(O)CCCCCCCCCCCC. The number of esters is 1. The van der Waals surface area contributed by atoms with Gasteiger partial charge in [0.25, 0.3) is 0 Å². The molecule has 0 heterocycles. The van der Waals surface area contributed by atoms with E-state index in [1.807, 2.05) is 0 Å². The number of nitrogens with one attached hydrogen (secondary N) is 1. The fourth-order valence-corrected chi connectivity index (χ4v) is 7.26. The number of carbonyl (C=O) groups is 2. The first kappa shape index (κ1) is 54.1. The van der Waals surface area contributed by atoms with E-state index in [9.17, 15) is 19.8 Å². The number of amides is 1. The lowest BCUT2D eigenvalue weighted by atomic mass is 10.0. The fraction of sp³-hybridized carbons (Fsp3) is 0.840. The third-order valence-electron chi connectivity index (χ3n) is 11.0. The lowest BCUT2D eigenvalue weighted by Crippen LogP contribution is -2.46. The summed E-state index contributed by atoms with van der Waals surface area (Å²) in [4.78, 5) is 26.0. The number of unbranched alkanes of at least 4 members (excludes halogenated alkanes) is 25. The first-order chi connectivity index (χ1) is 27.5. The molecular formula is C50H93NO5. The molecule has 3 unspecified atom stereocenters. The number of ether oxygens (including phenoxy) is 1. The Balaban J connectivity index is 4.43. The van der Waals surface area contributed by atoms with E-state index in [2.05, 4.69) is 62.5 Å². The van der Waals surface area contributed by atoms with Gasteiger partial charge in [-0.15, -0.1) is 0 Å².